The van der Waals surface area contributed by atoms with Gasteiger partial charge in [0.05, 0.1) is 0 Å². The van der Waals surface area contributed by atoms with Gasteiger partial charge in [-0.2, -0.15) is 0 Å². The van der Waals surface area contributed by atoms with E-state index in [1.54, 1.807) is 0 Å². The minimum atomic E-state index is -0.632. The summed E-state index contributed by atoms with van der Waals surface area (Å²) in [4.78, 5) is 15.9. The summed E-state index contributed by atoms with van der Waals surface area (Å²) in [7, 11) is 0. The van der Waals surface area contributed by atoms with E-state index in [-0.39, 0.29) is 11.8 Å². The Balaban J connectivity index is 1.38. The molecule has 3 aromatic rings. The lowest BCUT2D eigenvalue weighted by atomic mass is 9.66. The second kappa shape index (κ2) is 7.96. The van der Waals surface area contributed by atoms with Crippen LogP contribution in [0.2, 0.25) is 0 Å². The summed E-state index contributed by atoms with van der Waals surface area (Å²) in [6.45, 7) is 3.37. The maximum Gasteiger partial charge on any atom is 0.239 e. The number of rotatable bonds is 6. The van der Waals surface area contributed by atoms with Crippen LogP contribution in [0.25, 0.3) is 0 Å². The highest BCUT2D eigenvalue weighted by Gasteiger charge is 2.54. The lowest BCUT2D eigenvalue weighted by molar-refractivity contribution is -0.121. The van der Waals surface area contributed by atoms with Crippen LogP contribution in [0.4, 0.5) is 5.69 Å². The van der Waals surface area contributed by atoms with Gasteiger partial charge in [-0.05, 0) is 48.2 Å². The van der Waals surface area contributed by atoms with Crippen molar-refractivity contribution in [1.82, 2.24) is 4.90 Å². The Kier molecular flexibility index (Phi) is 5.01. The molecule has 0 saturated carbocycles. The van der Waals surface area contributed by atoms with Gasteiger partial charge >= 0.3 is 0 Å². The highest BCUT2D eigenvalue weighted by molar-refractivity contribution is 6.09. The quantitative estimate of drug-likeness (QED) is 0.672. The van der Waals surface area contributed by atoms with Gasteiger partial charge in [0.1, 0.15) is 17.8 Å². The topological polar surface area (TPSA) is 41.6 Å². The molecule has 0 spiro atoms. The number of benzene rings is 3. The van der Waals surface area contributed by atoms with Crippen molar-refractivity contribution in [1.29, 1.82) is 0 Å². The van der Waals surface area contributed by atoms with E-state index in [2.05, 4.69) is 28.4 Å². The molecule has 4 heteroatoms. The number of anilines is 1. The van der Waals surface area contributed by atoms with E-state index in [9.17, 15) is 4.79 Å². The molecule has 0 aromatic heterocycles. The zero-order valence-corrected chi connectivity index (χ0v) is 17.0. The van der Waals surface area contributed by atoms with Gasteiger partial charge < -0.3 is 10.1 Å². The third-order valence-electron chi connectivity index (χ3n) is 6.49. The molecular weight excluding hydrogens is 372 g/mol. The number of carbonyl (C=O) groups excluding carboxylic acids is 1. The van der Waals surface area contributed by atoms with Gasteiger partial charge in [0.15, 0.2) is 0 Å². The van der Waals surface area contributed by atoms with E-state index in [1.165, 1.54) is 0 Å². The minimum Gasteiger partial charge on any atom is -0.492 e. The number of nitrogens with zero attached hydrogens (tertiary/aromatic N) is 1. The SMILES string of the molecule is O=C1Nc2ccccc2C1(c1ccccc1)C1CCN(CCOc2ccccc2)C1. The summed E-state index contributed by atoms with van der Waals surface area (Å²) >= 11 is 0. The first-order valence-electron chi connectivity index (χ1n) is 10.6. The molecule has 1 amide bonds. The Morgan fingerprint density at radius 1 is 0.933 bits per heavy atom. The van der Waals surface area contributed by atoms with Gasteiger partial charge in [-0.3, -0.25) is 9.69 Å². The van der Waals surface area contributed by atoms with Crippen LogP contribution >= 0.6 is 0 Å². The van der Waals surface area contributed by atoms with Crippen LogP contribution in [-0.4, -0.2) is 37.0 Å². The number of nitrogens with one attached hydrogen (secondary N) is 1. The van der Waals surface area contributed by atoms with Gasteiger partial charge in [0.2, 0.25) is 5.91 Å². The smallest absolute Gasteiger partial charge is 0.239 e. The summed E-state index contributed by atoms with van der Waals surface area (Å²) in [5, 5.41) is 3.16. The third-order valence-corrected chi connectivity index (χ3v) is 6.49. The zero-order chi connectivity index (χ0) is 20.4. The van der Waals surface area contributed by atoms with Gasteiger partial charge in [0, 0.05) is 18.8 Å². The molecule has 152 valence electrons. The molecule has 2 aliphatic heterocycles. The Bertz CT molecular complexity index is 1020. The van der Waals surface area contributed by atoms with E-state index in [4.69, 9.17) is 4.74 Å². The molecule has 2 aliphatic rings. The molecule has 0 bridgehead atoms. The van der Waals surface area contributed by atoms with E-state index < -0.39 is 5.41 Å². The molecule has 5 rings (SSSR count). The first-order chi connectivity index (χ1) is 14.8. The van der Waals surface area contributed by atoms with Crippen molar-refractivity contribution in [3.63, 3.8) is 0 Å². The number of fused-ring (bicyclic) bond motifs is 1. The molecule has 1 N–H and O–H groups in total. The third kappa shape index (κ3) is 3.17. The Hall–Kier alpha value is -3.11. The monoisotopic (exact) mass is 398 g/mol. The maximum atomic E-state index is 13.5. The predicted molar refractivity (Wildman–Crippen MR) is 119 cm³/mol. The van der Waals surface area contributed by atoms with Gasteiger partial charge in [-0.15, -0.1) is 0 Å². The normalized spacial score (nSPS) is 23.2. The van der Waals surface area contributed by atoms with Crippen molar-refractivity contribution in [2.45, 2.75) is 11.8 Å². The number of likely N-dealkylation sites (tertiary alicyclic amines) is 1. The Morgan fingerprint density at radius 2 is 1.63 bits per heavy atom. The van der Waals surface area contributed by atoms with Crippen molar-refractivity contribution in [3.8, 4) is 5.75 Å². The largest absolute Gasteiger partial charge is 0.492 e. The number of para-hydroxylation sites is 2. The van der Waals surface area contributed by atoms with Crippen molar-refractivity contribution in [3.05, 3.63) is 96.1 Å². The van der Waals surface area contributed by atoms with Crippen molar-refractivity contribution >= 4 is 11.6 Å². The van der Waals surface area contributed by atoms with Gasteiger partial charge in [0.25, 0.3) is 0 Å². The number of hydrogen-bond donors (Lipinski definition) is 1. The van der Waals surface area contributed by atoms with Crippen molar-refractivity contribution in [2.24, 2.45) is 5.92 Å². The molecule has 0 radical (unpaired) electrons. The van der Waals surface area contributed by atoms with E-state index in [0.717, 1.165) is 48.6 Å². The average molecular weight is 399 g/mol. The lowest BCUT2D eigenvalue weighted by Gasteiger charge is -2.34. The second-order valence-corrected chi connectivity index (χ2v) is 8.12. The fourth-order valence-corrected chi connectivity index (χ4v) is 5.11. The second-order valence-electron chi connectivity index (χ2n) is 8.12. The first-order valence-corrected chi connectivity index (χ1v) is 10.6. The molecule has 2 unspecified atom stereocenters. The van der Waals surface area contributed by atoms with Crippen LogP contribution in [0.5, 0.6) is 5.75 Å². The summed E-state index contributed by atoms with van der Waals surface area (Å²) < 4.78 is 5.89. The Labute approximate surface area is 177 Å². The fourth-order valence-electron chi connectivity index (χ4n) is 5.11. The van der Waals surface area contributed by atoms with Crippen LogP contribution in [0.3, 0.4) is 0 Å². The number of amides is 1. The molecule has 1 saturated heterocycles. The van der Waals surface area contributed by atoms with E-state index in [0.29, 0.717) is 6.61 Å². The van der Waals surface area contributed by atoms with Crippen molar-refractivity contribution < 1.29 is 9.53 Å². The molecule has 2 heterocycles. The van der Waals surface area contributed by atoms with Crippen molar-refractivity contribution in [2.75, 3.05) is 31.6 Å². The summed E-state index contributed by atoms with van der Waals surface area (Å²) in [6.07, 6.45) is 0.988. The molecular formula is C26H26N2O2. The number of ether oxygens (including phenoxy) is 1. The number of hydrogen-bond acceptors (Lipinski definition) is 3. The fraction of sp³-hybridized carbons (Fsp3) is 0.269. The standard InChI is InChI=1S/C26H26N2O2/c29-25-26(20-9-3-1-4-10-20,23-13-7-8-14-24(23)27-25)21-15-16-28(19-21)17-18-30-22-11-5-2-6-12-22/h1-14,21H,15-19H2,(H,27,29). The van der Waals surface area contributed by atoms with Crippen LogP contribution in [0.15, 0.2) is 84.9 Å². The minimum absolute atomic E-state index is 0.0993. The van der Waals surface area contributed by atoms with Crippen LogP contribution in [-0.2, 0) is 10.2 Å². The van der Waals surface area contributed by atoms with Gasteiger partial charge in [-0.25, -0.2) is 0 Å². The summed E-state index contributed by atoms with van der Waals surface area (Å²) in [5.74, 6) is 1.22. The molecule has 2 atom stereocenters. The van der Waals surface area contributed by atoms with E-state index >= 15 is 0 Å². The number of carbonyl (C=O) groups is 1. The highest BCUT2D eigenvalue weighted by atomic mass is 16.5. The average Bonchev–Trinajstić information content (AvgIpc) is 3.37. The lowest BCUT2D eigenvalue weighted by Crippen LogP contribution is -2.44. The predicted octanol–water partition coefficient (Wildman–Crippen LogP) is 4.33. The Morgan fingerprint density at radius 3 is 2.43 bits per heavy atom. The molecule has 1 fully saturated rings. The van der Waals surface area contributed by atoms with Crippen LogP contribution in [0.1, 0.15) is 17.5 Å². The maximum absolute atomic E-state index is 13.5. The van der Waals surface area contributed by atoms with Crippen LogP contribution in [0, 0.1) is 5.92 Å². The summed E-state index contributed by atoms with van der Waals surface area (Å²) in [6, 6.07) is 28.4. The van der Waals surface area contributed by atoms with E-state index in [1.807, 2.05) is 66.7 Å². The molecule has 3 aromatic carbocycles. The zero-order valence-electron chi connectivity index (χ0n) is 17.0. The molecule has 30 heavy (non-hydrogen) atoms. The molecule has 4 nitrogen and oxygen atoms in total. The summed E-state index contributed by atoms with van der Waals surface area (Å²) in [5.41, 5.74) is 2.50. The van der Waals surface area contributed by atoms with Gasteiger partial charge in [-0.1, -0.05) is 66.7 Å². The first kappa shape index (κ1) is 18.9. The van der Waals surface area contributed by atoms with Crippen LogP contribution < -0.4 is 10.1 Å². The molecule has 0 aliphatic carbocycles. The highest BCUT2D eigenvalue weighted by Crippen LogP contribution is 2.50.